The SMILES string of the molecule is CC(C)(C)C(=O)[C@H](F)CCOP(=O)([O-])[O-]. The number of rotatable bonds is 5. The van der Waals surface area contributed by atoms with E-state index in [-0.39, 0.29) is 0 Å². The Morgan fingerprint density at radius 2 is 1.93 bits per heavy atom. The number of carbonyl (C=O) groups excluding carboxylic acids is 1. The van der Waals surface area contributed by atoms with Crippen molar-refractivity contribution in [3.63, 3.8) is 0 Å². The van der Waals surface area contributed by atoms with E-state index in [9.17, 15) is 23.5 Å². The Hall–Kier alpha value is -0.290. The van der Waals surface area contributed by atoms with Gasteiger partial charge in [0.25, 0.3) is 0 Å². The van der Waals surface area contributed by atoms with Gasteiger partial charge in [0.15, 0.2) is 12.0 Å². The third-order valence-corrected chi connectivity index (χ3v) is 2.14. The first-order chi connectivity index (χ1) is 6.54. The molecule has 0 aliphatic heterocycles. The molecule has 0 N–H and O–H groups in total. The summed E-state index contributed by atoms with van der Waals surface area (Å²) in [6.45, 7) is 4.05. The van der Waals surface area contributed by atoms with Crippen molar-refractivity contribution in [3.05, 3.63) is 0 Å². The Kier molecular flexibility index (Phi) is 5.06. The zero-order valence-corrected chi connectivity index (χ0v) is 9.75. The number of carbonyl (C=O) groups is 1. The fourth-order valence-electron chi connectivity index (χ4n) is 0.869. The minimum Gasteiger partial charge on any atom is -0.790 e. The summed E-state index contributed by atoms with van der Waals surface area (Å²) in [5, 5.41) is 0. The van der Waals surface area contributed by atoms with E-state index in [2.05, 4.69) is 4.52 Å². The lowest BCUT2D eigenvalue weighted by molar-refractivity contribution is -0.341. The molecule has 0 saturated carbocycles. The predicted molar refractivity (Wildman–Crippen MR) is 47.5 cm³/mol. The van der Waals surface area contributed by atoms with Crippen LogP contribution in [0.2, 0.25) is 0 Å². The summed E-state index contributed by atoms with van der Waals surface area (Å²) in [5.41, 5.74) is -0.835. The largest absolute Gasteiger partial charge is 0.790 e. The van der Waals surface area contributed by atoms with Crippen LogP contribution in [-0.2, 0) is 13.9 Å². The van der Waals surface area contributed by atoms with Gasteiger partial charge in [-0.3, -0.25) is 4.79 Å². The molecule has 0 aromatic carbocycles. The van der Waals surface area contributed by atoms with E-state index < -0.39 is 38.2 Å². The van der Waals surface area contributed by atoms with Crippen molar-refractivity contribution in [1.29, 1.82) is 0 Å². The number of phosphoric acid groups is 1. The van der Waals surface area contributed by atoms with E-state index in [4.69, 9.17) is 0 Å². The first-order valence-corrected chi connectivity index (χ1v) is 5.85. The molecule has 0 saturated heterocycles. The summed E-state index contributed by atoms with van der Waals surface area (Å²) in [6.07, 6.45) is -2.23. The summed E-state index contributed by atoms with van der Waals surface area (Å²) in [6, 6.07) is 0. The second kappa shape index (κ2) is 5.16. The van der Waals surface area contributed by atoms with Gasteiger partial charge in [-0.15, -0.1) is 0 Å². The van der Waals surface area contributed by atoms with Crippen LogP contribution in [0.5, 0.6) is 0 Å². The number of alkyl halides is 1. The molecule has 15 heavy (non-hydrogen) atoms. The number of halogens is 1. The van der Waals surface area contributed by atoms with Crippen molar-refractivity contribution in [3.8, 4) is 0 Å². The Morgan fingerprint density at radius 3 is 2.27 bits per heavy atom. The number of hydrogen-bond donors (Lipinski definition) is 0. The quantitative estimate of drug-likeness (QED) is 0.639. The van der Waals surface area contributed by atoms with E-state index in [1.54, 1.807) is 20.8 Å². The summed E-state index contributed by atoms with van der Waals surface area (Å²) >= 11 is 0. The lowest BCUT2D eigenvalue weighted by atomic mass is 9.87. The Balaban J connectivity index is 4.01. The topological polar surface area (TPSA) is 89.5 Å². The first-order valence-electron chi connectivity index (χ1n) is 4.39. The molecule has 0 aromatic rings. The van der Waals surface area contributed by atoms with Crippen LogP contribution in [0.25, 0.3) is 0 Å². The van der Waals surface area contributed by atoms with Crippen molar-refractivity contribution >= 4 is 13.6 Å². The molecule has 7 heteroatoms. The van der Waals surface area contributed by atoms with Crippen molar-refractivity contribution in [2.75, 3.05) is 6.61 Å². The molecule has 0 aliphatic rings. The van der Waals surface area contributed by atoms with Crippen LogP contribution in [0.15, 0.2) is 0 Å². The zero-order valence-electron chi connectivity index (χ0n) is 8.86. The molecule has 5 nitrogen and oxygen atoms in total. The maximum Gasteiger partial charge on any atom is 0.172 e. The van der Waals surface area contributed by atoms with Gasteiger partial charge in [0.1, 0.15) is 0 Å². The molecular weight excluding hydrogens is 226 g/mol. The fraction of sp³-hybridized carbons (Fsp3) is 0.875. The standard InChI is InChI=1S/C8H16FO5P/c1-8(2,3)7(10)6(9)4-5-14-15(11,12)13/h6H,4-5H2,1-3H3,(H2,11,12,13)/p-2/t6-/m1/s1. The highest BCUT2D eigenvalue weighted by Crippen LogP contribution is 2.26. The van der Waals surface area contributed by atoms with Gasteiger partial charge in [0.05, 0.1) is 14.4 Å². The Morgan fingerprint density at radius 1 is 1.47 bits per heavy atom. The van der Waals surface area contributed by atoms with Gasteiger partial charge < -0.3 is 18.9 Å². The minimum absolute atomic E-state index is 0.426. The normalized spacial score (nSPS) is 15.1. The van der Waals surface area contributed by atoms with Crippen molar-refractivity contribution in [2.45, 2.75) is 33.4 Å². The van der Waals surface area contributed by atoms with Crippen LogP contribution < -0.4 is 9.79 Å². The number of phosphoric ester groups is 1. The fourth-order valence-corrected chi connectivity index (χ4v) is 1.20. The molecular formula is C8H14FO5P-2. The molecule has 0 unspecified atom stereocenters. The van der Waals surface area contributed by atoms with E-state index in [1.807, 2.05) is 0 Å². The molecule has 0 aliphatic carbocycles. The summed E-state index contributed by atoms with van der Waals surface area (Å²) in [5.74, 6) is -0.641. The summed E-state index contributed by atoms with van der Waals surface area (Å²) in [7, 11) is -5.07. The van der Waals surface area contributed by atoms with Crippen LogP contribution >= 0.6 is 7.82 Å². The third kappa shape index (κ3) is 6.73. The maximum absolute atomic E-state index is 13.1. The van der Waals surface area contributed by atoms with E-state index in [0.717, 1.165) is 0 Å². The summed E-state index contributed by atoms with van der Waals surface area (Å²) in [4.78, 5) is 31.3. The number of ketones is 1. The second-order valence-corrected chi connectivity index (χ2v) is 5.30. The lowest BCUT2D eigenvalue weighted by Crippen LogP contribution is -2.30. The van der Waals surface area contributed by atoms with Gasteiger partial charge in [-0.05, 0) is 0 Å². The molecule has 0 amide bonds. The number of hydrogen-bond acceptors (Lipinski definition) is 5. The monoisotopic (exact) mass is 240 g/mol. The van der Waals surface area contributed by atoms with Gasteiger partial charge in [-0.1, -0.05) is 20.8 Å². The van der Waals surface area contributed by atoms with Gasteiger partial charge >= 0.3 is 0 Å². The van der Waals surface area contributed by atoms with E-state index in [0.29, 0.717) is 0 Å². The Labute approximate surface area is 87.9 Å². The lowest BCUT2D eigenvalue weighted by Gasteiger charge is -2.29. The average Bonchev–Trinajstić information content (AvgIpc) is 1.98. The minimum atomic E-state index is -5.07. The molecule has 0 heterocycles. The van der Waals surface area contributed by atoms with Crippen LogP contribution in [0.3, 0.4) is 0 Å². The van der Waals surface area contributed by atoms with Crippen LogP contribution in [0.4, 0.5) is 4.39 Å². The van der Waals surface area contributed by atoms with Crippen molar-refractivity contribution in [2.24, 2.45) is 5.41 Å². The van der Waals surface area contributed by atoms with Gasteiger partial charge in [0, 0.05) is 11.8 Å². The zero-order chi connectivity index (χ0) is 12.3. The third-order valence-electron chi connectivity index (χ3n) is 1.64. The molecule has 0 aromatic heterocycles. The van der Waals surface area contributed by atoms with E-state index in [1.165, 1.54) is 0 Å². The van der Waals surface area contributed by atoms with Gasteiger partial charge in [-0.2, -0.15) is 0 Å². The van der Waals surface area contributed by atoms with Crippen LogP contribution in [0, 0.1) is 5.41 Å². The highest BCUT2D eigenvalue weighted by atomic mass is 31.2. The van der Waals surface area contributed by atoms with Crippen LogP contribution in [0.1, 0.15) is 27.2 Å². The highest BCUT2D eigenvalue weighted by Gasteiger charge is 2.29. The Bertz CT molecular complexity index is 267. The van der Waals surface area contributed by atoms with Gasteiger partial charge in [0.2, 0.25) is 0 Å². The van der Waals surface area contributed by atoms with Crippen molar-refractivity contribution in [1.82, 2.24) is 0 Å². The number of Topliss-reactive ketones (excluding diaryl/α,β-unsaturated/α-hetero) is 1. The molecule has 90 valence electrons. The van der Waals surface area contributed by atoms with Crippen LogP contribution in [-0.4, -0.2) is 18.6 Å². The predicted octanol–water partition coefficient (Wildman–Crippen LogP) is 0.175. The first kappa shape index (κ1) is 14.7. The molecule has 0 spiro atoms. The van der Waals surface area contributed by atoms with Crippen molar-refractivity contribution < 1.29 is 28.1 Å². The highest BCUT2D eigenvalue weighted by molar-refractivity contribution is 7.43. The molecule has 1 atom stereocenters. The smallest absolute Gasteiger partial charge is 0.172 e. The average molecular weight is 240 g/mol. The second-order valence-electron chi connectivity index (χ2n) is 4.15. The molecule has 0 fully saturated rings. The molecule has 0 rings (SSSR count). The molecule has 0 radical (unpaired) electrons. The summed E-state index contributed by atoms with van der Waals surface area (Å²) < 4.78 is 27.0. The maximum atomic E-state index is 13.1. The van der Waals surface area contributed by atoms with E-state index >= 15 is 0 Å². The van der Waals surface area contributed by atoms with Gasteiger partial charge in [-0.25, -0.2) is 4.39 Å². The molecule has 0 bridgehead atoms.